The van der Waals surface area contributed by atoms with Crippen LogP contribution in [0.25, 0.3) is 6.08 Å². The van der Waals surface area contributed by atoms with Crippen LogP contribution >= 0.6 is 11.3 Å². The molecule has 0 saturated heterocycles. The number of aromatic nitrogens is 3. The van der Waals surface area contributed by atoms with Crippen LogP contribution < -0.4 is 19.6 Å². The second-order valence-electron chi connectivity index (χ2n) is 7.02. The predicted octanol–water partition coefficient (Wildman–Crippen LogP) is 1.50. The highest BCUT2D eigenvalue weighted by Gasteiger charge is 2.42. The van der Waals surface area contributed by atoms with Crippen molar-refractivity contribution in [2.45, 2.75) is 32.0 Å². The van der Waals surface area contributed by atoms with Crippen molar-refractivity contribution >= 4 is 17.4 Å². The Morgan fingerprint density at radius 2 is 2.19 bits per heavy atom. The molecule has 5 rings (SSSR count). The number of nitrogens with zero attached hydrogens (tertiary/aromatic N) is 4. The fourth-order valence-corrected chi connectivity index (χ4v) is 4.85. The quantitative estimate of drug-likeness (QED) is 0.656. The van der Waals surface area contributed by atoms with Gasteiger partial charge in [-0.1, -0.05) is 29.5 Å². The highest BCUT2D eigenvalue weighted by Crippen LogP contribution is 2.42. The average Bonchev–Trinajstić information content (AvgIpc) is 3.08. The van der Waals surface area contributed by atoms with Crippen molar-refractivity contribution in [1.29, 1.82) is 0 Å². The molecule has 0 aliphatic carbocycles. The molecule has 3 aromatic rings. The van der Waals surface area contributed by atoms with E-state index in [1.165, 1.54) is 11.3 Å². The Morgan fingerprint density at radius 1 is 1.38 bits per heavy atom. The molecule has 2 aromatic heterocycles. The van der Waals surface area contributed by atoms with E-state index in [9.17, 15) is 4.79 Å². The summed E-state index contributed by atoms with van der Waals surface area (Å²) >= 11 is 1.42. The Bertz CT molecular complexity index is 1220. The fourth-order valence-electron chi connectivity index (χ4n) is 3.74. The first-order valence-electron chi connectivity index (χ1n) is 8.55. The molecule has 0 amide bonds. The van der Waals surface area contributed by atoms with E-state index in [0.29, 0.717) is 11.0 Å². The van der Waals surface area contributed by atoms with Gasteiger partial charge in [0.15, 0.2) is 4.80 Å². The molecule has 0 radical (unpaired) electrons. The highest BCUT2D eigenvalue weighted by molar-refractivity contribution is 7.07. The highest BCUT2D eigenvalue weighted by atomic mass is 32.1. The van der Waals surface area contributed by atoms with Crippen molar-refractivity contribution in [3.8, 4) is 5.75 Å². The van der Waals surface area contributed by atoms with Gasteiger partial charge in [-0.05, 0) is 26.0 Å². The number of para-hydroxylation sites is 1. The van der Waals surface area contributed by atoms with Gasteiger partial charge in [-0.25, -0.2) is 4.99 Å². The van der Waals surface area contributed by atoms with Crippen molar-refractivity contribution < 1.29 is 4.74 Å². The number of rotatable bonds is 1. The zero-order valence-electron chi connectivity index (χ0n) is 14.8. The smallest absolute Gasteiger partial charge is 0.270 e. The second kappa shape index (κ2) is 5.17. The lowest BCUT2D eigenvalue weighted by molar-refractivity contribution is 0.0410. The maximum absolute atomic E-state index is 13.2. The van der Waals surface area contributed by atoms with Crippen molar-refractivity contribution in [2.75, 3.05) is 0 Å². The maximum Gasteiger partial charge on any atom is 0.270 e. The summed E-state index contributed by atoms with van der Waals surface area (Å²) in [5.41, 5.74) is 2.40. The molecule has 2 aliphatic heterocycles. The third-order valence-corrected chi connectivity index (χ3v) is 6.20. The summed E-state index contributed by atoms with van der Waals surface area (Å²) in [5, 5.41) is 4.26. The van der Waals surface area contributed by atoms with E-state index in [0.717, 1.165) is 27.4 Å². The van der Waals surface area contributed by atoms with Gasteiger partial charge in [-0.15, -0.1) is 0 Å². The third kappa shape index (κ3) is 2.13. The molecule has 6 nitrogen and oxygen atoms in total. The van der Waals surface area contributed by atoms with E-state index in [4.69, 9.17) is 9.73 Å². The minimum atomic E-state index is -0.627. The number of fused-ring (bicyclic) bond motifs is 6. The van der Waals surface area contributed by atoms with Crippen molar-refractivity contribution in [3.63, 3.8) is 0 Å². The third-order valence-electron chi connectivity index (χ3n) is 5.22. The summed E-state index contributed by atoms with van der Waals surface area (Å²) in [5.74, 6) is 0.812. The van der Waals surface area contributed by atoms with Crippen LogP contribution in [0.4, 0.5) is 0 Å². The SMILES string of the molecule is Cc1c(/C=c2/sc3n(c2=O)[C@H]2C[C@](C)(N=3)Oc3ccccc32)cnn1C. The van der Waals surface area contributed by atoms with Gasteiger partial charge < -0.3 is 4.74 Å². The van der Waals surface area contributed by atoms with Crippen LogP contribution in [0.1, 0.15) is 36.2 Å². The van der Waals surface area contributed by atoms with Crippen molar-refractivity contribution in [3.05, 3.63) is 67.0 Å². The molecule has 132 valence electrons. The van der Waals surface area contributed by atoms with Gasteiger partial charge >= 0.3 is 0 Å². The molecule has 0 fully saturated rings. The van der Waals surface area contributed by atoms with E-state index in [2.05, 4.69) is 5.10 Å². The van der Waals surface area contributed by atoms with Crippen LogP contribution in [0.15, 0.2) is 40.2 Å². The predicted molar refractivity (Wildman–Crippen MR) is 99.1 cm³/mol. The zero-order valence-corrected chi connectivity index (χ0v) is 15.6. The molecule has 0 unspecified atom stereocenters. The van der Waals surface area contributed by atoms with Crippen LogP contribution in [-0.4, -0.2) is 20.1 Å². The first-order valence-corrected chi connectivity index (χ1v) is 9.36. The molecular formula is C19H18N4O2S. The molecular weight excluding hydrogens is 348 g/mol. The van der Waals surface area contributed by atoms with E-state index in [1.807, 2.05) is 55.8 Å². The van der Waals surface area contributed by atoms with E-state index in [-0.39, 0.29) is 11.6 Å². The van der Waals surface area contributed by atoms with Gasteiger partial charge in [-0.2, -0.15) is 5.10 Å². The maximum atomic E-state index is 13.2. The summed E-state index contributed by atoms with van der Waals surface area (Å²) in [6.45, 7) is 3.98. The monoisotopic (exact) mass is 366 g/mol. The van der Waals surface area contributed by atoms with Crippen molar-refractivity contribution in [1.82, 2.24) is 14.3 Å². The number of ether oxygens (including phenoxy) is 1. The lowest BCUT2D eigenvalue weighted by Gasteiger charge is -2.39. The number of hydrogen-bond acceptors (Lipinski definition) is 5. The van der Waals surface area contributed by atoms with Crippen molar-refractivity contribution in [2.24, 2.45) is 12.0 Å². The molecule has 4 heterocycles. The van der Waals surface area contributed by atoms with Gasteiger partial charge in [0.25, 0.3) is 5.56 Å². The molecule has 7 heteroatoms. The van der Waals surface area contributed by atoms with Crippen LogP contribution in [0.2, 0.25) is 0 Å². The molecule has 2 aliphatic rings. The van der Waals surface area contributed by atoms with Gasteiger partial charge in [-0.3, -0.25) is 14.0 Å². The number of thiazole rings is 1. The summed E-state index contributed by atoms with van der Waals surface area (Å²) in [7, 11) is 1.90. The average molecular weight is 366 g/mol. The molecule has 2 bridgehead atoms. The zero-order chi connectivity index (χ0) is 18.1. The molecule has 1 aromatic carbocycles. The Kier molecular flexibility index (Phi) is 3.10. The normalized spacial score (nSPS) is 23.8. The van der Waals surface area contributed by atoms with Gasteiger partial charge in [0.05, 0.1) is 16.8 Å². The van der Waals surface area contributed by atoms with Crippen LogP contribution in [0.3, 0.4) is 0 Å². The Balaban J connectivity index is 1.77. The van der Waals surface area contributed by atoms with Gasteiger partial charge in [0, 0.05) is 30.3 Å². The summed E-state index contributed by atoms with van der Waals surface area (Å²) in [6, 6.07) is 7.88. The topological polar surface area (TPSA) is 61.4 Å². The molecule has 0 N–H and O–H groups in total. The van der Waals surface area contributed by atoms with Crippen LogP contribution in [0.5, 0.6) is 5.75 Å². The van der Waals surface area contributed by atoms with Gasteiger partial charge in [0.2, 0.25) is 5.72 Å². The van der Waals surface area contributed by atoms with E-state index >= 15 is 0 Å². The largest absolute Gasteiger partial charge is 0.466 e. The Labute approximate surface area is 153 Å². The first kappa shape index (κ1) is 15.6. The molecule has 0 spiro atoms. The first-order chi connectivity index (χ1) is 12.5. The lowest BCUT2D eigenvalue weighted by Crippen LogP contribution is -2.49. The minimum absolute atomic E-state index is 0.000700. The number of hydrogen-bond donors (Lipinski definition) is 0. The summed E-state index contributed by atoms with van der Waals surface area (Å²) in [6.07, 6.45) is 4.36. The number of benzene rings is 1. The van der Waals surface area contributed by atoms with Gasteiger partial charge in [0.1, 0.15) is 5.75 Å². The minimum Gasteiger partial charge on any atom is -0.466 e. The Morgan fingerprint density at radius 3 is 2.96 bits per heavy atom. The fraction of sp³-hybridized carbons (Fsp3) is 0.316. The van der Waals surface area contributed by atoms with Crippen LogP contribution in [0, 0.1) is 6.92 Å². The van der Waals surface area contributed by atoms with Crippen LogP contribution in [-0.2, 0) is 7.05 Å². The second-order valence-corrected chi connectivity index (χ2v) is 8.03. The van der Waals surface area contributed by atoms with E-state index < -0.39 is 5.72 Å². The van der Waals surface area contributed by atoms with E-state index in [1.54, 1.807) is 10.9 Å². The number of aryl methyl sites for hydroxylation is 1. The summed E-state index contributed by atoms with van der Waals surface area (Å²) in [4.78, 5) is 18.6. The Hall–Kier alpha value is -2.67. The summed E-state index contributed by atoms with van der Waals surface area (Å²) < 4.78 is 10.4. The molecule has 26 heavy (non-hydrogen) atoms. The molecule has 2 atom stereocenters. The lowest BCUT2D eigenvalue weighted by atomic mass is 9.93. The molecule has 0 saturated carbocycles. The standard InChI is InChI=1S/C19H18N4O2S/c1-11-12(10-20-22(11)3)8-16-17(24)23-14-9-19(2,21-18(23)26-16)25-15-7-5-4-6-13(14)15/h4-8,10,14H,9H2,1-3H3/b16-8+/t14-,19+/m0/s1.